The molecule has 0 aromatic carbocycles. The Morgan fingerprint density at radius 2 is 2.00 bits per heavy atom. The molecule has 0 aromatic heterocycles. The van der Waals surface area contributed by atoms with Gasteiger partial charge in [-0.05, 0) is 44.3 Å². The largest absolute Gasteiger partial charge is 0.746 e. The number of ether oxygens (including phenoxy) is 1. The number of epoxide rings is 1. The molecule has 0 amide bonds. The molecule has 1 heterocycles. The van der Waals surface area contributed by atoms with Crippen LogP contribution in [0.3, 0.4) is 0 Å². The van der Waals surface area contributed by atoms with Crippen molar-refractivity contribution in [1.82, 2.24) is 0 Å². The van der Waals surface area contributed by atoms with Gasteiger partial charge in [0.1, 0.15) is 19.3 Å². The summed E-state index contributed by atoms with van der Waals surface area (Å²) in [5.74, 6) is -0.725. The maximum absolute atomic E-state index is 12.2. The molecule has 1 aliphatic heterocycles. The molecule has 2 rings (SSSR count). The van der Waals surface area contributed by atoms with Crippen molar-refractivity contribution < 1.29 is 37.3 Å². The van der Waals surface area contributed by atoms with Crippen molar-refractivity contribution in [2.24, 2.45) is 5.92 Å². The number of rotatable bonds is 16. The van der Waals surface area contributed by atoms with Crippen LogP contribution in [0.25, 0.3) is 0 Å². The number of nitrogens with zero attached hydrogens (tertiary/aromatic N) is 1. The number of likely N-dealkylation sites (N-methyl/N-ethyl adjacent to an activating group) is 1. The van der Waals surface area contributed by atoms with Gasteiger partial charge in [-0.2, -0.15) is 0 Å². The lowest BCUT2D eigenvalue weighted by Gasteiger charge is -2.26. The fraction of sp³-hybridized carbons (Fsp3) is 0.680. The molecule has 4 atom stereocenters. The molecule has 4 unspecified atom stereocenters. The summed E-state index contributed by atoms with van der Waals surface area (Å²) >= 11 is 0. The minimum absolute atomic E-state index is 0.0265. The first kappa shape index (κ1) is 28.7. The zero-order valence-electron chi connectivity index (χ0n) is 20.9. The molecule has 34 heavy (non-hydrogen) atoms. The number of quaternary nitrogens is 1. The third-order valence-electron chi connectivity index (χ3n) is 5.76. The van der Waals surface area contributed by atoms with Crippen LogP contribution in [0.5, 0.6) is 0 Å². The minimum Gasteiger partial charge on any atom is -0.746 e. The Labute approximate surface area is 203 Å². The summed E-state index contributed by atoms with van der Waals surface area (Å²) in [7, 11) is 1.06. The second-order valence-corrected chi connectivity index (χ2v) is 11.3. The van der Waals surface area contributed by atoms with E-state index in [4.69, 9.17) is 9.26 Å². The van der Waals surface area contributed by atoms with Gasteiger partial charge >= 0.3 is 13.8 Å². The highest BCUT2D eigenvalue weighted by atomic mass is 31.2. The lowest BCUT2D eigenvalue weighted by atomic mass is 9.96. The van der Waals surface area contributed by atoms with Gasteiger partial charge < -0.3 is 23.2 Å². The van der Waals surface area contributed by atoms with Crippen LogP contribution in [0.2, 0.25) is 0 Å². The number of hydrogen-bond acceptors (Lipinski definition) is 7. The van der Waals surface area contributed by atoms with E-state index in [-0.39, 0.29) is 36.9 Å². The van der Waals surface area contributed by atoms with Gasteiger partial charge in [0.25, 0.3) is 0 Å². The van der Waals surface area contributed by atoms with Crippen molar-refractivity contribution in [1.29, 1.82) is 0 Å². The summed E-state index contributed by atoms with van der Waals surface area (Å²) in [6.07, 6.45) is 16.1. The second-order valence-electron chi connectivity index (χ2n) is 9.94. The Hall–Kier alpha value is -1.57. The Morgan fingerprint density at radius 1 is 1.24 bits per heavy atom. The van der Waals surface area contributed by atoms with E-state index in [0.717, 1.165) is 18.4 Å². The highest BCUT2D eigenvalue weighted by molar-refractivity contribution is 7.46. The molecule has 8 nitrogen and oxygen atoms in total. The van der Waals surface area contributed by atoms with Crippen LogP contribution in [0.4, 0.5) is 0 Å². The lowest BCUT2D eigenvalue weighted by Crippen LogP contribution is -2.37. The molecule has 0 saturated carbocycles. The molecule has 0 spiro atoms. The molecule has 9 heteroatoms. The number of carbonyl (C=O) groups is 2. The fourth-order valence-corrected chi connectivity index (χ4v) is 4.35. The summed E-state index contributed by atoms with van der Waals surface area (Å²) in [6.45, 7) is 2.60. The first-order chi connectivity index (χ1) is 16.0. The highest BCUT2D eigenvalue weighted by Crippen LogP contribution is 2.39. The van der Waals surface area contributed by atoms with Crippen LogP contribution in [0, 0.1) is 5.92 Å². The lowest BCUT2D eigenvalue weighted by molar-refractivity contribution is -0.870. The second kappa shape index (κ2) is 13.5. The molecule has 1 fully saturated rings. The smallest absolute Gasteiger partial charge is 0.322 e. The zero-order valence-corrected chi connectivity index (χ0v) is 21.8. The quantitative estimate of drug-likeness (QED) is 0.0796. The number of allylic oxidation sites excluding steroid dienone is 5. The number of phosphoric acid groups is 1. The average Bonchev–Trinajstić information content (AvgIpc) is 3.37. The first-order valence-electron chi connectivity index (χ1n) is 12.2. The van der Waals surface area contributed by atoms with Gasteiger partial charge in [-0.25, -0.2) is 0 Å². The minimum atomic E-state index is -4.65. The van der Waals surface area contributed by atoms with Gasteiger partial charge in [0, 0.05) is 17.9 Å². The molecule has 0 aromatic rings. The van der Waals surface area contributed by atoms with Crippen LogP contribution in [0.15, 0.2) is 36.0 Å². The van der Waals surface area contributed by atoms with E-state index < -0.39 is 13.8 Å². The first-order valence-corrected chi connectivity index (χ1v) is 13.7. The third kappa shape index (κ3) is 11.2. The van der Waals surface area contributed by atoms with Crippen LogP contribution in [-0.2, 0) is 27.9 Å². The van der Waals surface area contributed by atoms with E-state index in [1.54, 1.807) is 6.08 Å². The van der Waals surface area contributed by atoms with E-state index in [2.05, 4.69) is 23.6 Å². The van der Waals surface area contributed by atoms with Gasteiger partial charge in [-0.1, -0.05) is 38.0 Å². The fourth-order valence-electron chi connectivity index (χ4n) is 3.65. The molecule has 2 aliphatic rings. The molecule has 0 radical (unpaired) electrons. The molecule has 0 N–H and O–H groups in total. The topological polar surface area (TPSA) is 105 Å². The SMILES string of the molecule is CCCCC/C=C/CC1C=CC(=O)/C1=C/C1OC1CCCC(=O)OP(=O)([O-])OCC[N+](C)(C)C. The van der Waals surface area contributed by atoms with Crippen molar-refractivity contribution in [2.75, 3.05) is 34.3 Å². The van der Waals surface area contributed by atoms with Gasteiger partial charge in [0.2, 0.25) is 0 Å². The number of carbonyl (C=O) groups excluding carboxylic acids is 2. The summed E-state index contributed by atoms with van der Waals surface area (Å²) in [5.41, 5.74) is 0.767. The summed E-state index contributed by atoms with van der Waals surface area (Å²) in [4.78, 5) is 35.9. The van der Waals surface area contributed by atoms with E-state index in [1.807, 2.05) is 33.3 Å². The maximum Gasteiger partial charge on any atom is 0.322 e. The Morgan fingerprint density at radius 3 is 2.71 bits per heavy atom. The summed E-state index contributed by atoms with van der Waals surface area (Å²) < 4.78 is 27.2. The summed E-state index contributed by atoms with van der Waals surface area (Å²) in [5, 5.41) is 0. The van der Waals surface area contributed by atoms with Gasteiger partial charge in [-0.3, -0.25) is 14.2 Å². The molecule has 1 aliphatic carbocycles. The van der Waals surface area contributed by atoms with Crippen molar-refractivity contribution in [3.05, 3.63) is 36.0 Å². The van der Waals surface area contributed by atoms with Crippen molar-refractivity contribution in [2.45, 2.75) is 70.5 Å². The van der Waals surface area contributed by atoms with Gasteiger partial charge in [-0.15, -0.1) is 0 Å². The summed E-state index contributed by atoms with van der Waals surface area (Å²) in [6, 6.07) is 0. The van der Waals surface area contributed by atoms with Crippen LogP contribution in [0.1, 0.15) is 58.3 Å². The Balaban J connectivity index is 1.68. The third-order valence-corrected chi connectivity index (χ3v) is 6.68. The van der Waals surface area contributed by atoms with Gasteiger partial charge in [0.05, 0.1) is 27.2 Å². The number of unbranched alkanes of at least 4 members (excludes halogenated alkanes) is 3. The van der Waals surface area contributed by atoms with E-state index >= 15 is 0 Å². The molecular weight excluding hydrogens is 457 g/mol. The number of phosphoric ester groups is 1. The molecular formula is C25H40NO7P. The standard InChI is InChI=1S/C25H40NO7P/c1-5-6-7-8-9-10-12-20-15-16-22(27)21(20)19-24-23(32-24)13-11-14-25(28)33-34(29,30)31-18-17-26(2,3)4/h9-10,15-16,19-20,23-24H,5-8,11-14,17-18H2,1-4H3/b10-9+,21-19+. The van der Waals surface area contributed by atoms with Crippen molar-refractivity contribution >= 4 is 19.6 Å². The molecule has 1 saturated heterocycles. The van der Waals surface area contributed by atoms with Crippen LogP contribution >= 0.6 is 7.82 Å². The predicted molar refractivity (Wildman–Crippen MR) is 129 cm³/mol. The zero-order chi connectivity index (χ0) is 25.2. The monoisotopic (exact) mass is 497 g/mol. The normalized spacial score (nSPS) is 25.3. The van der Waals surface area contributed by atoms with Crippen LogP contribution in [-0.4, -0.2) is 62.7 Å². The average molecular weight is 498 g/mol. The van der Waals surface area contributed by atoms with E-state index in [0.29, 0.717) is 23.9 Å². The van der Waals surface area contributed by atoms with Crippen molar-refractivity contribution in [3.8, 4) is 0 Å². The van der Waals surface area contributed by atoms with E-state index in [9.17, 15) is 19.0 Å². The van der Waals surface area contributed by atoms with Gasteiger partial charge in [0.15, 0.2) is 5.78 Å². The molecule has 192 valence electrons. The van der Waals surface area contributed by atoms with E-state index in [1.165, 1.54) is 19.3 Å². The predicted octanol–water partition coefficient (Wildman–Crippen LogP) is 3.87. The Kier molecular flexibility index (Phi) is 11.4. The number of ketones is 1. The maximum atomic E-state index is 12.2. The molecule has 0 bridgehead atoms. The Bertz CT molecular complexity index is 828. The number of hydrogen-bond donors (Lipinski definition) is 0. The van der Waals surface area contributed by atoms with Crippen LogP contribution < -0.4 is 4.89 Å². The van der Waals surface area contributed by atoms with Crippen molar-refractivity contribution in [3.63, 3.8) is 0 Å². The highest BCUT2D eigenvalue weighted by Gasteiger charge is 2.38.